The van der Waals surface area contributed by atoms with Crippen LogP contribution in [0.2, 0.25) is 0 Å². The number of nitriles is 1. The Balaban J connectivity index is 0.840. The van der Waals surface area contributed by atoms with Crippen LogP contribution in [-0.2, 0) is 0 Å². The molecule has 0 aliphatic carbocycles. The molecular weight excluding hydrogens is 869 g/mol. The highest BCUT2D eigenvalue weighted by atomic mass is 14.7. The summed E-state index contributed by atoms with van der Waals surface area (Å²) in [5.41, 5.74) is 25.7. The molecule has 0 saturated heterocycles. The molecule has 10 aromatic carbocycles. The van der Waals surface area contributed by atoms with E-state index in [0.29, 0.717) is 11.3 Å². The third-order valence-corrected chi connectivity index (χ3v) is 13.5. The van der Waals surface area contributed by atoms with Crippen molar-refractivity contribution in [2.24, 2.45) is 0 Å². The van der Waals surface area contributed by atoms with Crippen molar-refractivity contribution in [2.75, 3.05) is 0 Å². The van der Waals surface area contributed by atoms with E-state index < -0.39 is 0 Å². The zero-order chi connectivity index (χ0) is 49.6. The van der Waals surface area contributed by atoms with Gasteiger partial charge in [-0.3, -0.25) is 0 Å². The minimum absolute atomic E-state index is 0.585. The van der Waals surface area contributed by atoms with Gasteiger partial charge in [0.05, 0.1) is 18.2 Å². The number of nitrogens with zero attached hydrogens (tertiary/aromatic N) is 2. The third kappa shape index (κ3) is 10.6. The minimum atomic E-state index is 0.585. The first kappa shape index (κ1) is 46.4. The normalized spacial score (nSPS) is 11.5. The number of hydrogen-bond acceptors (Lipinski definition) is 1. The molecule has 0 aromatic heterocycles. The van der Waals surface area contributed by atoms with Gasteiger partial charge in [-0.05, 0) is 176 Å². The molecule has 0 atom stereocenters. The van der Waals surface area contributed by atoms with Crippen LogP contribution in [0.5, 0.6) is 0 Å². The van der Waals surface area contributed by atoms with E-state index in [1.807, 2.05) is 24.3 Å². The van der Waals surface area contributed by atoms with Gasteiger partial charge < -0.3 is 0 Å². The van der Waals surface area contributed by atoms with Crippen LogP contribution >= 0.6 is 0 Å². The Kier molecular flexibility index (Phi) is 13.3. The van der Waals surface area contributed by atoms with E-state index in [0.717, 1.165) is 66.8 Å². The highest BCUT2D eigenvalue weighted by molar-refractivity contribution is 5.91. The topological polar surface area (TPSA) is 28.1 Å². The van der Waals surface area contributed by atoms with Gasteiger partial charge in [0, 0.05) is 0 Å². The maximum absolute atomic E-state index is 10.3. The molecule has 2 heteroatoms. The summed E-state index contributed by atoms with van der Waals surface area (Å²) in [5, 5.41) is 10.3. The monoisotopic (exact) mass is 920 g/mol. The largest absolute Gasteiger partial charge is 0.238 e. The molecule has 0 heterocycles. The minimum Gasteiger partial charge on any atom is -0.238 e. The molecule has 0 N–H and O–H groups in total. The van der Waals surface area contributed by atoms with Gasteiger partial charge in [0.15, 0.2) is 5.70 Å². The molecule has 342 valence electrons. The fourth-order valence-electron chi connectivity index (χ4n) is 9.14. The predicted octanol–water partition coefficient (Wildman–Crippen LogP) is 19.1. The van der Waals surface area contributed by atoms with E-state index in [1.165, 1.54) is 55.6 Å². The first-order chi connectivity index (χ1) is 35.1. The first-order valence-corrected chi connectivity index (χ1v) is 24.4. The molecule has 2 nitrogen and oxygen atoms in total. The second-order valence-corrected chi connectivity index (χ2v) is 18.8. The molecule has 0 radical (unpaired) electrons. The quantitative estimate of drug-likeness (QED) is 0.0722. The lowest BCUT2D eigenvalue weighted by molar-refractivity contribution is 1.46. The summed E-state index contributed by atoms with van der Waals surface area (Å²) >= 11 is 0. The molecule has 0 bridgehead atoms. The van der Waals surface area contributed by atoms with Gasteiger partial charge in [-0.1, -0.05) is 216 Å². The van der Waals surface area contributed by atoms with Crippen LogP contribution in [0.25, 0.3) is 106 Å². The van der Waals surface area contributed by atoms with E-state index >= 15 is 0 Å². The van der Waals surface area contributed by atoms with Crippen molar-refractivity contribution in [3.63, 3.8) is 0 Å². The summed E-state index contributed by atoms with van der Waals surface area (Å²) in [6.45, 7) is 16.6. The second kappa shape index (κ2) is 20.7. The Morgan fingerprint density at radius 3 is 0.833 bits per heavy atom. The Bertz CT molecular complexity index is 3310. The average molecular weight is 921 g/mol. The summed E-state index contributed by atoms with van der Waals surface area (Å²) in [7, 11) is 0. The van der Waals surface area contributed by atoms with E-state index in [4.69, 9.17) is 6.57 Å². The summed E-state index contributed by atoms with van der Waals surface area (Å²) in [5.74, 6) is 0. The molecule has 0 unspecified atom stereocenters. The number of allylic oxidation sites excluding steroid dienone is 1. The van der Waals surface area contributed by atoms with Crippen LogP contribution in [0.1, 0.15) is 44.5 Å². The molecule has 10 rings (SSSR count). The van der Waals surface area contributed by atoms with E-state index in [-0.39, 0.29) is 0 Å². The number of rotatable bonds is 11. The summed E-state index contributed by atoms with van der Waals surface area (Å²) in [6, 6.07) is 84.0. The van der Waals surface area contributed by atoms with Gasteiger partial charge in [-0.25, -0.2) is 4.85 Å². The Morgan fingerprint density at radius 2 is 0.556 bits per heavy atom. The molecule has 0 fully saturated rings. The van der Waals surface area contributed by atoms with E-state index in [1.54, 1.807) is 0 Å². The zero-order valence-electron chi connectivity index (χ0n) is 41.0. The molecule has 0 aliphatic rings. The van der Waals surface area contributed by atoms with Crippen molar-refractivity contribution in [3.05, 3.63) is 286 Å². The maximum atomic E-state index is 10.3. The van der Waals surface area contributed by atoms with Crippen molar-refractivity contribution >= 4 is 23.4 Å². The van der Waals surface area contributed by atoms with Crippen molar-refractivity contribution in [3.8, 4) is 84.0 Å². The summed E-state index contributed by atoms with van der Waals surface area (Å²) in [6.07, 6.45) is 3.90. The smallest absolute Gasteiger partial charge is 0.194 e. The zero-order valence-corrected chi connectivity index (χ0v) is 41.0. The van der Waals surface area contributed by atoms with Crippen LogP contribution < -0.4 is 0 Å². The molecule has 72 heavy (non-hydrogen) atoms. The molecule has 10 aromatic rings. The standard InChI is InChI=1S/C70H52N2/c1-47-6-18-55(19-7-47)63-40-64(56-20-8-48(2)9-21-56)43-67(42-63)59-30-32-61(33-31-59)69(46-71)38-51-14-26-53(27-15-51)54-28-16-52(17-29-54)39-70(72-5)62-36-34-60(35-37-62)68-44-65(57-22-10-49(3)11-23-57)41-66(45-68)58-24-12-50(4)13-25-58/h6-45H,1-4H3. The second-order valence-electron chi connectivity index (χ2n) is 18.8. The Hall–Kier alpha value is -9.34. The van der Waals surface area contributed by atoms with Crippen LogP contribution in [0.15, 0.2) is 231 Å². The number of hydrogen-bond donors (Lipinski definition) is 0. The first-order valence-electron chi connectivity index (χ1n) is 24.4. The molecule has 0 spiro atoms. The Morgan fingerprint density at radius 1 is 0.319 bits per heavy atom. The lowest BCUT2D eigenvalue weighted by Crippen LogP contribution is -1.88. The van der Waals surface area contributed by atoms with Gasteiger partial charge in [-0.2, -0.15) is 5.26 Å². The van der Waals surface area contributed by atoms with E-state index in [9.17, 15) is 5.26 Å². The molecular formula is C70H52N2. The fourth-order valence-corrected chi connectivity index (χ4v) is 9.14. The number of benzene rings is 10. The molecule has 0 amide bonds. The average Bonchev–Trinajstić information content (AvgIpc) is 3.43. The van der Waals surface area contributed by atoms with Crippen molar-refractivity contribution in [1.29, 1.82) is 5.26 Å². The maximum Gasteiger partial charge on any atom is 0.194 e. The Labute approximate surface area is 424 Å². The van der Waals surface area contributed by atoms with E-state index in [2.05, 4.69) is 257 Å². The van der Waals surface area contributed by atoms with Gasteiger partial charge in [-0.15, -0.1) is 0 Å². The third-order valence-electron chi connectivity index (χ3n) is 13.5. The molecule has 0 aliphatic heterocycles. The van der Waals surface area contributed by atoms with Gasteiger partial charge in [0.2, 0.25) is 0 Å². The summed E-state index contributed by atoms with van der Waals surface area (Å²) < 4.78 is 0. The fraction of sp³-hybridized carbons (Fsp3) is 0.0571. The van der Waals surface area contributed by atoms with Crippen LogP contribution in [0.3, 0.4) is 0 Å². The summed E-state index contributed by atoms with van der Waals surface area (Å²) in [4.78, 5) is 3.95. The van der Waals surface area contributed by atoms with Gasteiger partial charge in [0.1, 0.15) is 0 Å². The SMILES string of the molecule is [C-]#[N+]C(=Cc1ccc(-c2ccc(C=C(C#N)c3ccc(-c4cc(-c5ccc(C)cc5)cc(-c5ccc(C)cc5)c4)cc3)cc2)cc1)c1ccc(-c2cc(-c3ccc(C)cc3)cc(-c3ccc(C)cc3)c2)cc1. The molecule has 0 saturated carbocycles. The van der Waals surface area contributed by atoms with Crippen LogP contribution in [0.4, 0.5) is 0 Å². The predicted molar refractivity (Wildman–Crippen MR) is 304 cm³/mol. The van der Waals surface area contributed by atoms with Crippen molar-refractivity contribution < 1.29 is 0 Å². The highest BCUT2D eigenvalue weighted by Crippen LogP contribution is 2.36. The lowest BCUT2D eigenvalue weighted by Gasteiger charge is -2.12. The van der Waals surface area contributed by atoms with Gasteiger partial charge in [0.25, 0.3) is 0 Å². The van der Waals surface area contributed by atoms with Crippen molar-refractivity contribution in [2.45, 2.75) is 27.7 Å². The number of aryl methyl sites for hydroxylation is 4. The van der Waals surface area contributed by atoms with Crippen molar-refractivity contribution in [1.82, 2.24) is 0 Å². The highest BCUT2D eigenvalue weighted by Gasteiger charge is 2.12. The lowest BCUT2D eigenvalue weighted by atomic mass is 9.92. The van der Waals surface area contributed by atoms with Crippen LogP contribution in [0, 0.1) is 45.6 Å². The van der Waals surface area contributed by atoms with Gasteiger partial charge >= 0.3 is 0 Å². The van der Waals surface area contributed by atoms with Crippen LogP contribution in [-0.4, -0.2) is 0 Å².